The van der Waals surface area contributed by atoms with E-state index in [0.29, 0.717) is 0 Å². The van der Waals surface area contributed by atoms with Crippen LogP contribution in [0.25, 0.3) is 11.2 Å². The summed E-state index contributed by atoms with van der Waals surface area (Å²) in [6, 6.07) is 0. The van der Waals surface area contributed by atoms with Gasteiger partial charge in [-0.3, -0.25) is 4.79 Å². The van der Waals surface area contributed by atoms with E-state index in [1.807, 2.05) is 0 Å². The predicted molar refractivity (Wildman–Crippen MR) is 66.1 cm³/mol. The molecule has 1 unspecified atom stereocenters. The van der Waals surface area contributed by atoms with Crippen molar-refractivity contribution in [1.29, 1.82) is 0 Å². The van der Waals surface area contributed by atoms with Gasteiger partial charge in [-0.15, -0.1) is 0 Å². The zero-order chi connectivity index (χ0) is 15.1. The van der Waals surface area contributed by atoms with Crippen molar-refractivity contribution in [3.05, 3.63) is 22.5 Å². The van der Waals surface area contributed by atoms with Gasteiger partial charge in [0.05, 0.1) is 6.61 Å². The van der Waals surface area contributed by atoms with Crippen molar-refractivity contribution in [2.45, 2.75) is 30.5 Å². The molecule has 10 heteroatoms. The molecule has 3 heterocycles. The van der Waals surface area contributed by atoms with Crippen LogP contribution in [-0.4, -0.2) is 71.4 Å². The Hall–Kier alpha value is -1.85. The molecule has 1 aliphatic heterocycles. The molecule has 10 nitrogen and oxygen atoms in total. The van der Waals surface area contributed by atoms with Crippen LogP contribution in [0.1, 0.15) is 11.9 Å². The standard InChI is InChI=1S/C11H13N4O6/c16-1-3-5(17)6(18)7(19)8(21-3)10-14-4-9(15-10)12-2-13-11(4)20/h3,5-8,16-19H,1H2,(H2,12,13,14,15,20)/t3-,5-,6+,7-,8?/m1/s1. The summed E-state index contributed by atoms with van der Waals surface area (Å²) in [6.45, 7) is -0.547. The zero-order valence-electron chi connectivity index (χ0n) is 10.6. The van der Waals surface area contributed by atoms with E-state index in [2.05, 4.69) is 26.3 Å². The van der Waals surface area contributed by atoms with Crippen LogP contribution in [0.3, 0.4) is 0 Å². The Morgan fingerprint density at radius 2 is 2.00 bits per heavy atom. The Morgan fingerprint density at radius 1 is 1.24 bits per heavy atom. The summed E-state index contributed by atoms with van der Waals surface area (Å²) in [7, 11) is 0. The number of hydrogen-bond acceptors (Lipinski definition) is 8. The first-order chi connectivity index (χ1) is 10.0. The minimum absolute atomic E-state index is 0.000658. The molecule has 3 rings (SSSR count). The maximum atomic E-state index is 11.6. The molecule has 5 atom stereocenters. The van der Waals surface area contributed by atoms with E-state index in [-0.39, 0.29) is 17.0 Å². The molecule has 1 saturated heterocycles. The summed E-state index contributed by atoms with van der Waals surface area (Å²) in [4.78, 5) is 24.2. The highest BCUT2D eigenvalue weighted by Gasteiger charge is 2.45. The van der Waals surface area contributed by atoms with Crippen LogP contribution in [0, 0.1) is 6.33 Å². The number of fused-ring (bicyclic) bond motifs is 1. The monoisotopic (exact) mass is 297 g/mol. The molecule has 113 valence electrons. The summed E-state index contributed by atoms with van der Waals surface area (Å²) >= 11 is 0. The van der Waals surface area contributed by atoms with Crippen LogP contribution < -0.4 is 5.56 Å². The molecule has 0 spiro atoms. The number of aliphatic hydroxyl groups is 4. The van der Waals surface area contributed by atoms with E-state index in [1.54, 1.807) is 0 Å². The largest absolute Gasteiger partial charge is 0.394 e. The van der Waals surface area contributed by atoms with E-state index >= 15 is 0 Å². The fourth-order valence-corrected chi connectivity index (χ4v) is 2.28. The number of hydrogen-bond donors (Lipinski definition) is 6. The lowest BCUT2D eigenvalue weighted by atomic mass is 9.95. The SMILES string of the molecule is O=c1[nH][c]nc2[nH]c(C3O[C@H](CO)[C@@H](O)[C@H](O)[C@H]3O)nc12. The second kappa shape index (κ2) is 5.16. The number of nitrogens with zero attached hydrogens (tertiary/aromatic N) is 2. The molecule has 1 aliphatic rings. The third kappa shape index (κ3) is 2.22. The lowest BCUT2D eigenvalue weighted by Gasteiger charge is -2.39. The molecule has 0 amide bonds. The van der Waals surface area contributed by atoms with Gasteiger partial charge in [-0.25, -0.2) is 9.97 Å². The van der Waals surface area contributed by atoms with Gasteiger partial charge in [-0.05, 0) is 0 Å². The van der Waals surface area contributed by atoms with Gasteiger partial charge in [0.25, 0.3) is 5.56 Å². The molecule has 0 aliphatic carbocycles. The number of H-pyrrole nitrogens is 2. The van der Waals surface area contributed by atoms with Gasteiger partial charge in [0.15, 0.2) is 17.5 Å². The fraction of sp³-hybridized carbons (Fsp3) is 0.545. The third-order valence-electron chi connectivity index (χ3n) is 3.42. The average Bonchev–Trinajstić information content (AvgIpc) is 2.90. The van der Waals surface area contributed by atoms with Gasteiger partial charge >= 0.3 is 0 Å². The molecular weight excluding hydrogens is 284 g/mol. The first kappa shape index (κ1) is 14.1. The number of nitrogens with one attached hydrogen (secondary N) is 2. The molecule has 2 aromatic heterocycles. The van der Waals surface area contributed by atoms with Gasteiger partial charge in [-0.1, -0.05) is 0 Å². The van der Waals surface area contributed by atoms with Crippen molar-refractivity contribution in [3.8, 4) is 0 Å². The van der Waals surface area contributed by atoms with E-state index < -0.39 is 42.7 Å². The van der Waals surface area contributed by atoms with Crippen LogP contribution in [-0.2, 0) is 4.74 Å². The smallest absolute Gasteiger partial charge is 0.279 e. The third-order valence-corrected chi connectivity index (χ3v) is 3.42. The molecule has 0 aromatic carbocycles. The van der Waals surface area contributed by atoms with Gasteiger partial charge in [0.2, 0.25) is 0 Å². The van der Waals surface area contributed by atoms with Crippen molar-refractivity contribution in [2.75, 3.05) is 6.61 Å². The summed E-state index contributed by atoms with van der Waals surface area (Å²) in [5.41, 5.74) is -0.376. The summed E-state index contributed by atoms with van der Waals surface area (Å²) in [5.74, 6) is 0.0551. The maximum absolute atomic E-state index is 11.6. The molecule has 0 saturated carbocycles. The van der Waals surface area contributed by atoms with Gasteiger partial charge in [0.1, 0.15) is 36.3 Å². The minimum atomic E-state index is -1.52. The molecular formula is C11H13N4O6. The summed E-state index contributed by atoms with van der Waals surface area (Å²) in [6.07, 6.45) is -4.38. The number of aromatic amines is 2. The van der Waals surface area contributed by atoms with Gasteiger partial charge < -0.3 is 35.1 Å². The summed E-state index contributed by atoms with van der Waals surface area (Å²) < 4.78 is 5.33. The lowest BCUT2D eigenvalue weighted by molar-refractivity contribution is -0.233. The topological polar surface area (TPSA) is 165 Å². The zero-order valence-corrected chi connectivity index (χ0v) is 10.6. The Morgan fingerprint density at radius 3 is 2.67 bits per heavy atom. The molecule has 1 fully saturated rings. The maximum Gasteiger partial charge on any atom is 0.279 e. The highest BCUT2D eigenvalue weighted by Crippen LogP contribution is 2.31. The van der Waals surface area contributed by atoms with Crippen LogP contribution in [0.15, 0.2) is 4.79 Å². The minimum Gasteiger partial charge on any atom is -0.394 e. The van der Waals surface area contributed by atoms with Crippen LogP contribution in [0.5, 0.6) is 0 Å². The second-order valence-corrected chi connectivity index (χ2v) is 4.75. The number of imidazole rings is 1. The van der Waals surface area contributed by atoms with Crippen molar-refractivity contribution in [2.24, 2.45) is 0 Å². The Kier molecular flexibility index (Phi) is 3.47. The molecule has 0 bridgehead atoms. The van der Waals surface area contributed by atoms with Crippen molar-refractivity contribution in [1.82, 2.24) is 19.9 Å². The quantitative estimate of drug-likeness (QED) is 0.340. The summed E-state index contributed by atoms with van der Waals surface area (Å²) in [5, 5.41) is 38.6. The number of ether oxygens (including phenoxy) is 1. The van der Waals surface area contributed by atoms with E-state index in [4.69, 9.17) is 9.84 Å². The average molecular weight is 297 g/mol. The first-order valence-electron chi connectivity index (χ1n) is 6.19. The van der Waals surface area contributed by atoms with E-state index in [0.717, 1.165) is 0 Å². The van der Waals surface area contributed by atoms with Crippen LogP contribution in [0.4, 0.5) is 0 Å². The highest BCUT2D eigenvalue weighted by atomic mass is 16.5. The van der Waals surface area contributed by atoms with E-state index in [1.165, 1.54) is 0 Å². The Bertz CT molecular complexity index is 697. The highest BCUT2D eigenvalue weighted by molar-refractivity contribution is 5.68. The first-order valence-corrected chi connectivity index (χ1v) is 6.19. The fourth-order valence-electron chi connectivity index (χ4n) is 2.28. The van der Waals surface area contributed by atoms with Crippen molar-refractivity contribution >= 4 is 11.2 Å². The van der Waals surface area contributed by atoms with Gasteiger partial charge in [-0.2, -0.15) is 0 Å². The van der Waals surface area contributed by atoms with Crippen molar-refractivity contribution in [3.63, 3.8) is 0 Å². The Labute approximate surface area is 117 Å². The normalized spacial score (nSPS) is 33.4. The van der Waals surface area contributed by atoms with E-state index in [9.17, 15) is 20.1 Å². The van der Waals surface area contributed by atoms with Crippen LogP contribution >= 0.6 is 0 Å². The number of aromatic nitrogens is 4. The van der Waals surface area contributed by atoms with Gasteiger partial charge in [0, 0.05) is 0 Å². The number of aliphatic hydroxyl groups excluding tert-OH is 4. The lowest BCUT2D eigenvalue weighted by Crippen LogP contribution is -2.55. The number of rotatable bonds is 2. The molecule has 1 radical (unpaired) electrons. The molecule has 2 aromatic rings. The molecule has 6 N–H and O–H groups in total. The Balaban J connectivity index is 2.00. The predicted octanol–water partition coefficient (Wildman–Crippen LogP) is -3.04. The van der Waals surface area contributed by atoms with Crippen LogP contribution in [0.2, 0.25) is 0 Å². The molecule has 21 heavy (non-hydrogen) atoms. The second-order valence-electron chi connectivity index (χ2n) is 4.75. The van der Waals surface area contributed by atoms with Crippen molar-refractivity contribution < 1.29 is 25.2 Å².